The van der Waals surface area contributed by atoms with Crippen molar-refractivity contribution in [2.45, 2.75) is 39.2 Å². The lowest BCUT2D eigenvalue weighted by Gasteiger charge is -2.33. The van der Waals surface area contributed by atoms with E-state index in [0.29, 0.717) is 5.56 Å². The highest BCUT2D eigenvalue weighted by molar-refractivity contribution is 6.30. The van der Waals surface area contributed by atoms with E-state index in [-0.39, 0.29) is 58.2 Å². The fourth-order valence-electron chi connectivity index (χ4n) is 3.69. The van der Waals surface area contributed by atoms with Crippen molar-refractivity contribution in [3.05, 3.63) is 61.7 Å². The van der Waals surface area contributed by atoms with Crippen molar-refractivity contribution < 1.29 is 18.7 Å². The van der Waals surface area contributed by atoms with E-state index in [1.54, 1.807) is 0 Å². The second-order valence-corrected chi connectivity index (χ2v) is 8.46. The minimum absolute atomic E-state index is 0.00478. The molecular formula is C23H22Cl2F2N6O3. The number of nitrogens with zero attached hydrogens (tertiary/aromatic N) is 5. The van der Waals surface area contributed by atoms with Crippen LogP contribution in [0.25, 0.3) is 5.65 Å². The second-order valence-electron chi connectivity index (χ2n) is 7.64. The van der Waals surface area contributed by atoms with Crippen LogP contribution in [-0.4, -0.2) is 44.5 Å². The Morgan fingerprint density at radius 1 is 1.25 bits per heavy atom. The number of fused-ring (bicyclic) bond motifs is 1. The molecule has 0 amide bonds. The van der Waals surface area contributed by atoms with Gasteiger partial charge in [-0.15, -0.1) is 0 Å². The first-order valence-electron chi connectivity index (χ1n) is 11.0. The zero-order chi connectivity index (χ0) is 26.6. The summed E-state index contributed by atoms with van der Waals surface area (Å²) in [6, 6.07) is 6.21. The van der Waals surface area contributed by atoms with Crippen molar-refractivity contribution in [2.24, 2.45) is 0 Å². The lowest BCUT2D eigenvalue weighted by molar-refractivity contribution is -0.0221. The van der Waals surface area contributed by atoms with Gasteiger partial charge < -0.3 is 15.3 Å². The lowest BCUT2D eigenvalue weighted by Crippen LogP contribution is -2.41. The van der Waals surface area contributed by atoms with Gasteiger partial charge in [0.1, 0.15) is 16.9 Å². The minimum atomic E-state index is -2.81. The number of carboxylic acids is 1. The number of carbonyl (C=O) groups is 1. The van der Waals surface area contributed by atoms with Gasteiger partial charge in [-0.1, -0.05) is 37.0 Å². The monoisotopic (exact) mass is 538 g/mol. The van der Waals surface area contributed by atoms with Crippen LogP contribution in [-0.2, 0) is 6.54 Å². The maximum atomic E-state index is 13.6. The molecule has 0 radical (unpaired) electrons. The van der Waals surface area contributed by atoms with E-state index in [9.17, 15) is 28.7 Å². The van der Waals surface area contributed by atoms with Gasteiger partial charge in [-0.05, 0) is 18.2 Å². The number of piperidine rings is 1. The number of anilines is 2. The maximum absolute atomic E-state index is 13.6. The third kappa shape index (κ3) is 5.66. The Morgan fingerprint density at radius 2 is 1.92 bits per heavy atom. The number of aromatic carboxylic acids is 1. The fourth-order valence-corrected chi connectivity index (χ4v) is 4.07. The van der Waals surface area contributed by atoms with E-state index < -0.39 is 30.3 Å². The second kappa shape index (κ2) is 11.1. The average molecular weight is 539 g/mol. The number of carboxylic acid groups (broad SMARTS) is 1. The number of pyridine rings is 2. The largest absolute Gasteiger partial charge is 0.476 e. The van der Waals surface area contributed by atoms with Gasteiger partial charge in [-0.2, -0.15) is 5.26 Å². The molecule has 1 aliphatic heterocycles. The van der Waals surface area contributed by atoms with Crippen LogP contribution in [0.1, 0.15) is 48.3 Å². The first kappa shape index (κ1) is 27.1. The Balaban J connectivity index is 0.00000176. The summed E-state index contributed by atoms with van der Waals surface area (Å²) < 4.78 is 28.4. The van der Waals surface area contributed by atoms with E-state index in [0.717, 1.165) is 4.40 Å². The summed E-state index contributed by atoms with van der Waals surface area (Å²) in [5.74, 6) is -4.09. The topological polar surface area (TPSA) is 124 Å². The molecule has 3 aromatic rings. The molecule has 0 saturated carbocycles. The van der Waals surface area contributed by atoms with E-state index >= 15 is 0 Å². The number of alkyl halides is 2. The zero-order valence-electron chi connectivity index (χ0n) is 19.4. The molecule has 1 fully saturated rings. The summed E-state index contributed by atoms with van der Waals surface area (Å²) in [4.78, 5) is 34.3. The number of hydrogen-bond acceptors (Lipinski definition) is 7. The van der Waals surface area contributed by atoms with Gasteiger partial charge in [-0.25, -0.2) is 23.5 Å². The van der Waals surface area contributed by atoms with Crippen molar-refractivity contribution in [2.75, 3.05) is 23.3 Å². The van der Waals surface area contributed by atoms with Gasteiger partial charge >= 0.3 is 5.97 Å². The number of nitriles is 1. The molecule has 1 saturated heterocycles. The lowest BCUT2D eigenvalue weighted by atomic mass is 10.1. The average Bonchev–Trinajstić information content (AvgIpc) is 2.84. The first-order valence-corrected chi connectivity index (χ1v) is 11.8. The molecule has 0 bridgehead atoms. The van der Waals surface area contributed by atoms with E-state index in [1.165, 1.54) is 29.3 Å². The molecule has 13 heteroatoms. The first-order chi connectivity index (χ1) is 17.1. The molecule has 4 heterocycles. The molecule has 190 valence electrons. The molecule has 9 nitrogen and oxygen atoms in total. The van der Waals surface area contributed by atoms with Crippen LogP contribution in [0, 0.1) is 11.3 Å². The van der Waals surface area contributed by atoms with Crippen LogP contribution < -0.4 is 15.8 Å². The number of halogens is 4. The third-order valence-corrected chi connectivity index (χ3v) is 5.80. The van der Waals surface area contributed by atoms with Crippen LogP contribution in [0.5, 0.6) is 0 Å². The Hall–Kier alpha value is -3.49. The Morgan fingerprint density at radius 3 is 2.53 bits per heavy atom. The summed E-state index contributed by atoms with van der Waals surface area (Å²) in [5.41, 5.74) is -0.548. The predicted molar refractivity (Wildman–Crippen MR) is 132 cm³/mol. The van der Waals surface area contributed by atoms with Crippen LogP contribution >= 0.6 is 23.2 Å². The normalized spacial score (nSPS) is 14.5. The van der Waals surface area contributed by atoms with E-state index in [1.807, 2.05) is 19.9 Å². The van der Waals surface area contributed by atoms with Gasteiger partial charge in [0, 0.05) is 44.2 Å². The number of rotatable bonds is 5. The molecule has 1 aliphatic rings. The zero-order valence-corrected chi connectivity index (χ0v) is 20.9. The fraction of sp³-hybridized carbons (Fsp3) is 0.348. The number of hydrogen-bond donors (Lipinski definition) is 2. The molecule has 0 aliphatic carbocycles. The van der Waals surface area contributed by atoms with Crippen LogP contribution in [0.3, 0.4) is 0 Å². The van der Waals surface area contributed by atoms with Gasteiger partial charge in [0.25, 0.3) is 11.5 Å². The van der Waals surface area contributed by atoms with Crippen LogP contribution in [0.2, 0.25) is 10.2 Å². The predicted octanol–water partition coefficient (Wildman–Crippen LogP) is 4.84. The number of nitrogens with one attached hydrogen (secondary N) is 1. The summed E-state index contributed by atoms with van der Waals surface area (Å²) in [5, 5.41) is 22.1. The standard InChI is InChI=1S/C21H16Cl2F2N6O3.C2H6/c22-12-7-11(9-27-14-1-2-15(23)28-16(14)20(33)34)17-29-18(13(8-26)19(32)31(17)10-12)30-5-3-21(24,25)4-6-30;1-2/h1-2,7,10,27H,3-6,9H2,(H,33,34);1-2H3. The molecule has 0 atom stereocenters. The van der Waals surface area contributed by atoms with Crippen LogP contribution in [0.15, 0.2) is 29.2 Å². The summed E-state index contributed by atoms with van der Waals surface area (Å²) in [6.07, 6.45) is 0.461. The summed E-state index contributed by atoms with van der Waals surface area (Å²) >= 11 is 12.0. The minimum Gasteiger partial charge on any atom is -0.476 e. The summed E-state index contributed by atoms with van der Waals surface area (Å²) in [7, 11) is 0. The third-order valence-electron chi connectivity index (χ3n) is 5.39. The smallest absolute Gasteiger partial charge is 0.356 e. The molecule has 36 heavy (non-hydrogen) atoms. The quantitative estimate of drug-likeness (QED) is 0.442. The summed E-state index contributed by atoms with van der Waals surface area (Å²) in [6.45, 7) is 3.86. The highest BCUT2D eigenvalue weighted by Crippen LogP contribution is 2.31. The SMILES string of the molecule is CC.N#Cc1c(N2CCC(F)(F)CC2)nc2c(CNc3ccc(Cl)nc3C(=O)O)cc(Cl)cn2c1=O. The number of aromatic nitrogens is 3. The van der Waals surface area contributed by atoms with Crippen molar-refractivity contribution in [1.82, 2.24) is 14.4 Å². The van der Waals surface area contributed by atoms with Crippen molar-refractivity contribution in [3.8, 4) is 6.07 Å². The van der Waals surface area contributed by atoms with E-state index in [2.05, 4.69) is 15.3 Å². The highest BCUT2D eigenvalue weighted by Gasteiger charge is 2.35. The maximum Gasteiger partial charge on any atom is 0.356 e. The molecule has 2 N–H and O–H groups in total. The molecule has 0 aromatic carbocycles. The van der Waals surface area contributed by atoms with Gasteiger partial charge in [0.05, 0.1) is 10.7 Å². The highest BCUT2D eigenvalue weighted by atomic mass is 35.5. The molecular weight excluding hydrogens is 517 g/mol. The Kier molecular flexibility index (Phi) is 8.32. The van der Waals surface area contributed by atoms with Gasteiger partial charge in [0.15, 0.2) is 17.1 Å². The Labute approximate surface area is 214 Å². The van der Waals surface area contributed by atoms with Crippen LogP contribution in [0.4, 0.5) is 20.3 Å². The van der Waals surface area contributed by atoms with E-state index in [4.69, 9.17) is 23.2 Å². The van der Waals surface area contributed by atoms with Crippen molar-refractivity contribution in [1.29, 1.82) is 5.26 Å². The van der Waals surface area contributed by atoms with Crippen molar-refractivity contribution >= 4 is 46.3 Å². The van der Waals surface area contributed by atoms with Gasteiger partial charge in [-0.3, -0.25) is 9.20 Å². The van der Waals surface area contributed by atoms with Gasteiger partial charge in [0.2, 0.25) is 0 Å². The van der Waals surface area contributed by atoms with Crippen molar-refractivity contribution in [3.63, 3.8) is 0 Å². The molecule has 0 spiro atoms. The molecule has 4 rings (SSSR count). The molecule has 0 unspecified atom stereocenters. The Bertz CT molecular complexity index is 1400. The molecule has 3 aromatic heterocycles.